The van der Waals surface area contributed by atoms with Crippen molar-refractivity contribution in [1.82, 2.24) is 15.0 Å². The quantitative estimate of drug-likeness (QED) is 0.441. The Balaban J connectivity index is 1.66. The van der Waals surface area contributed by atoms with E-state index in [0.717, 1.165) is 16.5 Å². The topological polar surface area (TPSA) is 59.2 Å². The summed E-state index contributed by atoms with van der Waals surface area (Å²) in [4.78, 5) is 19.1. The first kappa shape index (κ1) is 21.2. The summed E-state index contributed by atoms with van der Waals surface area (Å²) in [6, 6.07) is 13.8. The number of amides is 1. The van der Waals surface area contributed by atoms with Crippen LogP contribution >= 0.6 is 15.9 Å². The second-order valence-electron chi connectivity index (χ2n) is 6.80. The number of nitrogens with zero attached hydrogens (tertiary/aromatic N) is 3. The highest BCUT2D eigenvalue weighted by Crippen LogP contribution is 2.28. The SMILES string of the molecule is CCCN(C(=O)CCc1nc(-c2ccc(F)cc2)no1)C(C)c1ccccc1Br. The zero-order valence-corrected chi connectivity index (χ0v) is 18.0. The summed E-state index contributed by atoms with van der Waals surface area (Å²) in [5, 5.41) is 3.93. The van der Waals surface area contributed by atoms with Crippen LogP contribution in [0, 0.1) is 5.82 Å². The Kier molecular flexibility index (Phi) is 7.14. The third-order valence-corrected chi connectivity index (χ3v) is 5.45. The number of benzene rings is 2. The van der Waals surface area contributed by atoms with E-state index in [1.807, 2.05) is 36.1 Å². The van der Waals surface area contributed by atoms with Crippen LogP contribution in [0.5, 0.6) is 0 Å². The Hall–Kier alpha value is -2.54. The van der Waals surface area contributed by atoms with Gasteiger partial charge in [0.15, 0.2) is 0 Å². The zero-order chi connectivity index (χ0) is 20.8. The Bertz CT molecular complexity index is 959. The van der Waals surface area contributed by atoms with Gasteiger partial charge < -0.3 is 9.42 Å². The Morgan fingerprint density at radius 3 is 2.62 bits per heavy atom. The monoisotopic (exact) mass is 459 g/mol. The fraction of sp³-hybridized carbons (Fsp3) is 0.318. The minimum Gasteiger partial charge on any atom is -0.339 e. The Labute approximate surface area is 178 Å². The molecule has 29 heavy (non-hydrogen) atoms. The van der Waals surface area contributed by atoms with Crippen molar-refractivity contribution in [3.05, 3.63) is 70.3 Å². The van der Waals surface area contributed by atoms with Gasteiger partial charge >= 0.3 is 0 Å². The van der Waals surface area contributed by atoms with Crippen molar-refractivity contribution in [2.75, 3.05) is 6.54 Å². The number of rotatable bonds is 8. The second kappa shape index (κ2) is 9.78. The van der Waals surface area contributed by atoms with Gasteiger partial charge in [0.1, 0.15) is 5.82 Å². The summed E-state index contributed by atoms with van der Waals surface area (Å²) in [6.07, 6.45) is 1.51. The van der Waals surface area contributed by atoms with Gasteiger partial charge in [0, 0.05) is 29.4 Å². The van der Waals surface area contributed by atoms with E-state index in [1.54, 1.807) is 12.1 Å². The molecule has 0 spiro atoms. The van der Waals surface area contributed by atoms with Gasteiger partial charge in [-0.15, -0.1) is 0 Å². The predicted molar refractivity (Wildman–Crippen MR) is 113 cm³/mol. The van der Waals surface area contributed by atoms with Gasteiger partial charge in [0.25, 0.3) is 0 Å². The molecule has 5 nitrogen and oxygen atoms in total. The highest BCUT2D eigenvalue weighted by molar-refractivity contribution is 9.10. The molecule has 1 unspecified atom stereocenters. The minimum absolute atomic E-state index is 0.0386. The molecule has 0 aliphatic carbocycles. The van der Waals surface area contributed by atoms with Gasteiger partial charge in [-0.3, -0.25) is 4.79 Å². The van der Waals surface area contributed by atoms with Crippen molar-refractivity contribution in [1.29, 1.82) is 0 Å². The molecule has 0 aliphatic rings. The maximum absolute atomic E-state index is 13.1. The number of carbonyl (C=O) groups excluding carboxylic acids is 1. The number of hydrogen-bond donors (Lipinski definition) is 0. The Morgan fingerprint density at radius 2 is 1.93 bits per heavy atom. The van der Waals surface area contributed by atoms with Crippen LogP contribution < -0.4 is 0 Å². The molecule has 1 amide bonds. The first-order valence-corrected chi connectivity index (χ1v) is 10.4. The highest BCUT2D eigenvalue weighted by atomic mass is 79.9. The first-order valence-electron chi connectivity index (χ1n) is 9.62. The maximum atomic E-state index is 13.1. The third kappa shape index (κ3) is 5.29. The summed E-state index contributed by atoms with van der Waals surface area (Å²) in [6.45, 7) is 4.76. The lowest BCUT2D eigenvalue weighted by atomic mass is 10.1. The third-order valence-electron chi connectivity index (χ3n) is 4.73. The molecule has 3 rings (SSSR count). The van der Waals surface area contributed by atoms with Crippen LogP contribution in [0.15, 0.2) is 57.5 Å². The molecule has 0 N–H and O–H groups in total. The summed E-state index contributed by atoms with van der Waals surface area (Å²) >= 11 is 3.58. The molecule has 1 atom stereocenters. The highest BCUT2D eigenvalue weighted by Gasteiger charge is 2.22. The van der Waals surface area contributed by atoms with Crippen LogP contribution in [0.1, 0.15) is 44.2 Å². The fourth-order valence-corrected chi connectivity index (χ4v) is 3.80. The fourth-order valence-electron chi connectivity index (χ4n) is 3.19. The molecule has 1 aromatic heterocycles. The van der Waals surface area contributed by atoms with E-state index in [-0.39, 0.29) is 24.2 Å². The summed E-state index contributed by atoms with van der Waals surface area (Å²) < 4.78 is 19.3. The molecule has 0 saturated carbocycles. The molecular weight excluding hydrogens is 437 g/mol. The van der Waals surface area contributed by atoms with Crippen molar-refractivity contribution >= 4 is 21.8 Å². The predicted octanol–water partition coefficient (Wildman–Crippen LogP) is 5.57. The standard InChI is InChI=1S/C22H23BrFN3O2/c1-3-14-27(15(2)18-6-4-5-7-19(18)23)21(28)13-12-20-25-22(26-29-20)16-8-10-17(24)11-9-16/h4-11,15H,3,12-14H2,1-2H3. The molecule has 152 valence electrons. The van der Waals surface area contributed by atoms with Gasteiger partial charge in [0.2, 0.25) is 17.6 Å². The van der Waals surface area contributed by atoms with Crippen LogP contribution in [-0.2, 0) is 11.2 Å². The van der Waals surface area contributed by atoms with E-state index in [0.29, 0.717) is 30.2 Å². The molecule has 0 radical (unpaired) electrons. The molecule has 1 heterocycles. The molecule has 0 fully saturated rings. The summed E-state index contributed by atoms with van der Waals surface area (Å²) in [5.74, 6) is 0.497. The van der Waals surface area contributed by atoms with Crippen molar-refractivity contribution in [3.8, 4) is 11.4 Å². The normalized spacial score (nSPS) is 12.0. The van der Waals surface area contributed by atoms with Crippen molar-refractivity contribution in [2.24, 2.45) is 0 Å². The van der Waals surface area contributed by atoms with E-state index >= 15 is 0 Å². The van der Waals surface area contributed by atoms with Crippen LogP contribution in [-0.4, -0.2) is 27.5 Å². The lowest BCUT2D eigenvalue weighted by molar-refractivity contribution is -0.133. The average molecular weight is 460 g/mol. The number of carbonyl (C=O) groups is 1. The second-order valence-corrected chi connectivity index (χ2v) is 7.66. The first-order chi connectivity index (χ1) is 14.0. The molecule has 0 bridgehead atoms. The number of aryl methyl sites for hydroxylation is 1. The number of halogens is 2. The van der Waals surface area contributed by atoms with Gasteiger partial charge in [-0.1, -0.05) is 46.2 Å². The van der Waals surface area contributed by atoms with Gasteiger partial charge in [0.05, 0.1) is 6.04 Å². The van der Waals surface area contributed by atoms with E-state index in [9.17, 15) is 9.18 Å². The zero-order valence-electron chi connectivity index (χ0n) is 16.4. The van der Waals surface area contributed by atoms with Crippen molar-refractivity contribution < 1.29 is 13.7 Å². The van der Waals surface area contributed by atoms with Gasteiger partial charge in [-0.05, 0) is 49.2 Å². The summed E-state index contributed by atoms with van der Waals surface area (Å²) in [5.41, 5.74) is 1.74. The molecule has 2 aromatic carbocycles. The number of hydrogen-bond acceptors (Lipinski definition) is 4. The van der Waals surface area contributed by atoms with E-state index in [2.05, 4.69) is 33.0 Å². The Morgan fingerprint density at radius 1 is 1.21 bits per heavy atom. The van der Waals surface area contributed by atoms with E-state index in [4.69, 9.17) is 4.52 Å². The van der Waals surface area contributed by atoms with E-state index < -0.39 is 0 Å². The van der Waals surface area contributed by atoms with Crippen LogP contribution in [0.2, 0.25) is 0 Å². The van der Waals surface area contributed by atoms with Gasteiger partial charge in [-0.2, -0.15) is 4.98 Å². The van der Waals surface area contributed by atoms with Crippen molar-refractivity contribution in [2.45, 2.75) is 39.2 Å². The van der Waals surface area contributed by atoms with Gasteiger partial charge in [-0.25, -0.2) is 4.39 Å². The lowest BCUT2D eigenvalue weighted by Gasteiger charge is -2.30. The largest absolute Gasteiger partial charge is 0.339 e. The molecule has 0 aliphatic heterocycles. The molecule has 0 saturated heterocycles. The van der Waals surface area contributed by atoms with E-state index in [1.165, 1.54) is 12.1 Å². The number of aromatic nitrogens is 2. The molecular formula is C22H23BrFN3O2. The van der Waals surface area contributed by atoms with Crippen LogP contribution in [0.25, 0.3) is 11.4 Å². The lowest BCUT2D eigenvalue weighted by Crippen LogP contribution is -2.34. The van der Waals surface area contributed by atoms with Crippen LogP contribution in [0.4, 0.5) is 4.39 Å². The minimum atomic E-state index is -0.321. The molecule has 3 aromatic rings. The maximum Gasteiger partial charge on any atom is 0.227 e. The van der Waals surface area contributed by atoms with Crippen LogP contribution in [0.3, 0.4) is 0 Å². The molecule has 7 heteroatoms. The van der Waals surface area contributed by atoms with Crippen molar-refractivity contribution in [3.63, 3.8) is 0 Å². The average Bonchev–Trinajstić information content (AvgIpc) is 3.20. The summed E-state index contributed by atoms with van der Waals surface area (Å²) in [7, 11) is 0. The smallest absolute Gasteiger partial charge is 0.227 e.